The van der Waals surface area contributed by atoms with Crippen LogP contribution in [0.2, 0.25) is 0 Å². The van der Waals surface area contributed by atoms with Gasteiger partial charge in [0.15, 0.2) is 22.6 Å². The Morgan fingerprint density at radius 3 is 1.09 bits per heavy atom. The Morgan fingerprint density at radius 1 is 0.441 bits per heavy atom. The molecule has 11 aliphatic rings. The molecular weight excluding hydrogens is 1810 g/mol. The van der Waals surface area contributed by atoms with E-state index in [9.17, 15) is 47.9 Å². The molecule has 0 aromatic carbocycles. The average molecular weight is 1910 g/mol. The van der Waals surface area contributed by atoms with Crippen molar-refractivity contribution in [1.29, 1.82) is 0 Å². The van der Waals surface area contributed by atoms with E-state index in [0.717, 1.165) is 160 Å². The van der Waals surface area contributed by atoms with Gasteiger partial charge in [0.2, 0.25) is 23.6 Å². The van der Waals surface area contributed by atoms with Gasteiger partial charge in [-0.15, -0.1) is 45.3 Å². The number of nitrogens with zero attached hydrogens (tertiary/aromatic N) is 14. The van der Waals surface area contributed by atoms with Crippen LogP contribution in [0.4, 0.5) is 23.3 Å². The lowest BCUT2D eigenvalue weighted by Crippen LogP contribution is -2.35. The molecule has 1 unspecified atom stereocenters. The van der Waals surface area contributed by atoms with Crippen molar-refractivity contribution in [2.45, 2.75) is 146 Å². The third-order valence-electron chi connectivity index (χ3n) is 24.3. The number of carbonyl (C=O) groups excluding carboxylic acids is 10. The zero-order chi connectivity index (χ0) is 93.7. The third-order valence-corrected chi connectivity index (χ3v) is 28.7. The number of anilines is 4. The number of aromatic nitrogens is 12. The van der Waals surface area contributed by atoms with Crippen molar-refractivity contribution in [3.05, 3.63) is 186 Å². The second-order valence-corrected chi connectivity index (χ2v) is 39.5. The smallest absolute Gasteiger partial charge is 0.263 e. The number of rotatable bonds is 25. The minimum Gasteiger partial charge on any atom is -0.380 e. The lowest BCUT2D eigenvalue weighted by atomic mass is 10.1. The quantitative estimate of drug-likeness (QED) is 0.0144. The van der Waals surface area contributed by atoms with Crippen molar-refractivity contribution in [1.82, 2.24) is 105 Å². The first kappa shape index (κ1) is 89.7. The van der Waals surface area contributed by atoms with Gasteiger partial charge < -0.3 is 73.9 Å². The van der Waals surface area contributed by atoms with Gasteiger partial charge in [-0.25, -0.2) is 19.9 Å². The summed E-state index contributed by atoms with van der Waals surface area (Å²) in [5, 5.41) is 51.4. The van der Waals surface area contributed by atoms with Crippen LogP contribution in [0.3, 0.4) is 0 Å². The van der Waals surface area contributed by atoms with Crippen molar-refractivity contribution in [3.8, 4) is 42.3 Å². The van der Waals surface area contributed by atoms with Crippen LogP contribution in [0.25, 0.3) is 89.2 Å². The first-order valence-corrected chi connectivity index (χ1v) is 48.7. The first-order valence-electron chi connectivity index (χ1n) is 45.4. The minimum atomic E-state index is -0.389. The van der Waals surface area contributed by atoms with Crippen molar-refractivity contribution in [2.75, 3.05) is 80.3 Å². The summed E-state index contributed by atoms with van der Waals surface area (Å²) in [7, 11) is 0. The van der Waals surface area contributed by atoms with E-state index < -0.39 is 0 Å². The van der Waals surface area contributed by atoms with E-state index in [0.29, 0.717) is 164 Å². The van der Waals surface area contributed by atoms with E-state index in [-0.39, 0.29) is 96.5 Å². The van der Waals surface area contributed by atoms with E-state index in [2.05, 4.69) is 92.0 Å². The Hall–Kier alpha value is -14.1. The van der Waals surface area contributed by atoms with Gasteiger partial charge in [-0.2, -0.15) is 38.5 Å². The van der Waals surface area contributed by atoms with E-state index in [4.69, 9.17) is 36.1 Å². The fourth-order valence-electron chi connectivity index (χ4n) is 16.5. The van der Waals surface area contributed by atoms with E-state index in [1.54, 1.807) is 64.8 Å². The average Bonchev–Trinajstić information content (AvgIpc) is 1.63. The van der Waals surface area contributed by atoms with Gasteiger partial charge in [0.1, 0.15) is 23.3 Å². The molecule has 12 aromatic heterocycles. The predicted octanol–water partition coefficient (Wildman–Crippen LogP) is 9.03. The summed E-state index contributed by atoms with van der Waals surface area (Å²) in [6.45, 7) is 15.6. The highest BCUT2D eigenvalue weighted by atomic mass is 32.1. The molecule has 11 fully saturated rings. The highest BCUT2D eigenvalue weighted by molar-refractivity contribution is 7.18. The molecule has 42 heteroatoms. The van der Waals surface area contributed by atoms with Crippen LogP contribution >= 0.6 is 45.3 Å². The van der Waals surface area contributed by atoms with Gasteiger partial charge in [-0.3, -0.25) is 58.6 Å². The second kappa shape index (κ2) is 38.3. The molecule has 0 radical (unpaired) electrons. The lowest BCUT2D eigenvalue weighted by Gasteiger charge is -2.14. The van der Waals surface area contributed by atoms with Crippen molar-refractivity contribution < 1.29 is 52.7 Å². The maximum Gasteiger partial charge on any atom is 0.263 e. The molecule has 4 aliphatic carbocycles. The van der Waals surface area contributed by atoms with Crippen molar-refractivity contribution >= 4 is 175 Å². The Labute approximate surface area is 793 Å². The van der Waals surface area contributed by atoms with Crippen LogP contribution < -0.4 is 70.0 Å². The number of hydrogen-bond donors (Lipinski definition) is 13. The highest BCUT2D eigenvalue weighted by Gasteiger charge is 2.35. The fraction of sp³-hybridized carbons (Fsp3) is 0.340. The van der Waals surface area contributed by atoms with E-state index >= 15 is 0 Å². The Kier molecular flexibility index (Phi) is 25.3. The van der Waals surface area contributed by atoms with Gasteiger partial charge >= 0.3 is 0 Å². The third kappa shape index (κ3) is 20.3. The van der Waals surface area contributed by atoms with Crippen LogP contribution in [0, 0.1) is 0 Å². The van der Waals surface area contributed by atoms with Crippen LogP contribution in [0.15, 0.2) is 144 Å². The molecule has 698 valence electrons. The van der Waals surface area contributed by atoms with Crippen molar-refractivity contribution in [2.24, 2.45) is 11.5 Å². The number of carbonyl (C=O) groups is 10. The van der Waals surface area contributed by atoms with Crippen LogP contribution in [0.5, 0.6) is 0 Å². The number of allylic oxidation sites excluding steroid dienone is 2. The molecule has 12 aromatic rings. The standard InChI is InChI=1S/C24H25N7O2S.C24H26N6O3S.2C23H23N7O3S/c1-13-14(9-22(32)27-13)8-15-11-26-31-21(28-16-2-3-16)10-18(30-23(15)31)19-4-5-20(34-19)24(33)29-17-6-7-25-12-17;1-3-33-9-8-25-24(32)20-7-6-19(34-20)18-12-21(28-17-4-5-17)30-23(29-18)16(13-26-30)10-15-11-22(31)27-14(15)2;2*24-14-5-6-29(11-14)23(33)18-4-3-17(34-18)16-9-19(26-15-1-2-15)30-21(27-16)13(10-25-30)7-12-8-20(31)28-22(12)32/h4-5,8,10-11,16-17,25,28H,1-3,6-7,9,12H2,(H,27,32)(H,29,33);6-7,10,12-13,17,28H,2-5,8-9,11H2,1H3,(H,25,32)(H,27,31);2*3-4,7,9-10,14-15,26H,1-2,5-6,8,11,24H2,(H,28,31,32)/b14-8+;15-10+;2*12-7+/t;;2*14-/m..10/s1. The lowest BCUT2D eigenvalue weighted by molar-refractivity contribution is -0.125. The Bertz CT molecular complexity index is 6830. The van der Waals surface area contributed by atoms with Crippen LogP contribution in [0.1, 0.15) is 164 Å². The second-order valence-electron chi connectivity index (χ2n) is 35.2. The van der Waals surface area contributed by atoms with Gasteiger partial charge in [0.25, 0.3) is 35.4 Å². The van der Waals surface area contributed by atoms with Crippen LogP contribution in [-0.4, -0.2) is 229 Å². The summed E-state index contributed by atoms with van der Waals surface area (Å²) in [5.41, 5.74) is 24.0. The molecule has 19 heterocycles. The molecule has 4 saturated carbocycles. The summed E-state index contributed by atoms with van der Waals surface area (Å²) >= 11 is 5.63. The first-order chi connectivity index (χ1) is 65.9. The molecule has 7 aliphatic heterocycles. The molecule has 136 heavy (non-hydrogen) atoms. The fourth-order valence-corrected chi connectivity index (χ4v) is 20.2. The number of nitrogens with two attached hydrogens (primary N) is 2. The summed E-state index contributed by atoms with van der Waals surface area (Å²) < 4.78 is 12.3. The van der Waals surface area contributed by atoms with Gasteiger partial charge in [-0.1, -0.05) is 13.2 Å². The molecule has 7 saturated heterocycles. The predicted molar refractivity (Wildman–Crippen MR) is 518 cm³/mol. The summed E-state index contributed by atoms with van der Waals surface area (Å²) in [5.74, 6) is 1.59. The van der Waals surface area contributed by atoms with Gasteiger partial charge in [-0.05, 0) is 168 Å². The number of amides is 10. The number of nitrogens with one attached hydrogen (secondary N) is 11. The highest BCUT2D eigenvalue weighted by Crippen LogP contribution is 2.40. The van der Waals surface area contributed by atoms with Crippen LogP contribution in [-0.2, 0) is 33.5 Å². The number of likely N-dealkylation sites (tertiary alicyclic amines) is 2. The summed E-state index contributed by atoms with van der Waals surface area (Å²) in [4.78, 5) is 151. The molecule has 0 spiro atoms. The summed E-state index contributed by atoms with van der Waals surface area (Å²) in [6, 6.07) is 24.7. The van der Waals surface area contributed by atoms with Crippen molar-refractivity contribution in [3.63, 3.8) is 0 Å². The van der Waals surface area contributed by atoms with E-state index in [1.807, 2.05) is 91.9 Å². The normalized spacial score (nSPS) is 20.4. The zero-order valence-corrected chi connectivity index (χ0v) is 77.3. The number of hydrogen-bond acceptors (Lipinski definition) is 30. The topological polar surface area (TPSA) is 492 Å². The maximum atomic E-state index is 12.9. The number of thiophene rings is 4. The number of ether oxygens (including phenoxy) is 1. The molecular formula is C94H97N27O11S4. The maximum absolute atomic E-state index is 12.9. The largest absolute Gasteiger partial charge is 0.380 e. The molecule has 3 atom stereocenters. The van der Waals surface area contributed by atoms with Gasteiger partial charge in [0.05, 0.1) is 119 Å². The summed E-state index contributed by atoms with van der Waals surface area (Å²) in [6.07, 6.45) is 26.1. The SMILES string of the molecule is C=C1NC(=O)C/C1=C\c1cnn2c(NC3CC3)cc(-c3ccc(C(=O)NC4CCNC4)s3)nc12.C=C1NC(=O)C/C1=C\c1cnn2c(NC3CC3)cc(-c3ccc(C(=O)NCCOCC)s3)nc12.N[C@@H]1CCN(C(=O)c2ccc(-c3cc(NC4CC4)n4ncc(/C=C5\CC(=O)NC5=O)c4n3)s2)C1.N[C@H]1CCN(C(=O)c2ccc(-c3cc(NC4CC4)n4ncc(/C=C5\CC(=O)NC5=O)c4n3)s2)C1. The number of imide groups is 2. The minimum absolute atomic E-state index is 0.00621. The Balaban J connectivity index is 0.000000112. The molecule has 23 rings (SSSR count). The molecule has 0 bridgehead atoms. The van der Waals surface area contributed by atoms with Gasteiger partial charge in [0, 0.05) is 157 Å². The molecule has 15 N–H and O–H groups in total. The molecule has 10 amide bonds. The zero-order valence-electron chi connectivity index (χ0n) is 74.0. The Morgan fingerprint density at radius 2 is 0.779 bits per heavy atom. The van der Waals surface area contributed by atoms with E-state index in [1.165, 1.54) is 45.3 Å². The molecule has 38 nitrogen and oxygen atoms in total. The number of fused-ring (bicyclic) bond motifs is 4. The monoisotopic (exact) mass is 1910 g/mol.